The molecule has 17 heteroatoms. The second-order valence-corrected chi connectivity index (χ2v) is 12.0. The fourth-order valence-electron chi connectivity index (χ4n) is 5.28. The van der Waals surface area contributed by atoms with E-state index in [0.29, 0.717) is 10.4 Å². The molecular formula is C28H29BF7N3O6. The lowest BCUT2D eigenvalue weighted by Gasteiger charge is -2.46. The highest BCUT2D eigenvalue weighted by atomic mass is 19.4. The maximum absolute atomic E-state index is 14.6. The molecule has 0 unspecified atom stereocenters. The van der Waals surface area contributed by atoms with E-state index in [1.54, 1.807) is 33.8 Å². The summed E-state index contributed by atoms with van der Waals surface area (Å²) in [7, 11) is 1.57. The third-order valence-corrected chi connectivity index (χ3v) is 8.48. The molecule has 5 rings (SSSR count). The maximum atomic E-state index is 14.6. The molecule has 1 N–H and O–H groups in total. The number of fused-ring (bicyclic) bond motifs is 1. The molecule has 1 aromatic heterocycles. The second-order valence-electron chi connectivity index (χ2n) is 12.0. The minimum absolute atomic E-state index is 0.0464. The van der Waals surface area contributed by atoms with Crippen LogP contribution in [0.1, 0.15) is 50.0 Å². The van der Waals surface area contributed by atoms with Crippen molar-refractivity contribution in [2.75, 3.05) is 20.2 Å². The van der Waals surface area contributed by atoms with Crippen molar-refractivity contribution in [1.29, 1.82) is 0 Å². The minimum Gasteiger partial charge on any atom is -0.496 e. The zero-order valence-electron chi connectivity index (χ0n) is 24.9. The van der Waals surface area contributed by atoms with Crippen LogP contribution in [0.4, 0.5) is 30.7 Å². The summed E-state index contributed by atoms with van der Waals surface area (Å²) < 4.78 is 119. The molecule has 3 aromatic rings. The molecule has 0 saturated carbocycles. The van der Waals surface area contributed by atoms with Crippen molar-refractivity contribution in [3.05, 3.63) is 35.4 Å². The quantitative estimate of drug-likeness (QED) is 0.290. The number of halogens is 7. The zero-order valence-corrected chi connectivity index (χ0v) is 24.9. The van der Waals surface area contributed by atoms with Gasteiger partial charge in [-0.1, -0.05) is 6.07 Å². The van der Waals surface area contributed by atoms with Crippen molar-refractivity contribution < 1.29 is 59.4 Å². The molecule has 0 bridgehead atoms. The Balaban J connectivity index is 1.62. The summed E-state index contributed by atoms with van der Waals surface area (Å²) in [6.45, 7) is 1.44. The van der Waals surface area contributed by atoms with Gasteiger partial charge in [-0.2, -0.15) is 27.1 Å². The number of aliphatic hydroxyl groups is 1. The van der Waals surface area contributed by atoms with E-state index < -0.39 is 84.8 Å². The van der Waals surface area contributed by atoms with Crippen LogP contribution in [-0.4, -0.2) is 82.6 Å². The number of aromatic nitrogens is 2. The molecule has 0 spiro atoms. The standard InChI is InChI=1S/C28H29BF7N3O6/c1-25(2)26(3,4)45-29(44-25)14-9-15(22(30)31)19-16(10-14)38(5)37-21(19)13-7-17(42-6)20(18(8-13)43-24(32)33)23(40)39-11-27(41,12-39)28(34,35)36/h7-10,22,24,41H,11-12H2,1-6H3. The van der Waals surface area contributed by atoms with E-state index in [9.17, 15) is 40.6 Å². The van der Waals surface area contributed by atoms with Crippen molar-refractivity contribution in [3.63, 3.8) is 0 Å². The summed E-state index contributed by atoms with van der Waals surface area (Å²) in [5.74, 6) is -2.38. The average molecular weight is 647 g/mol. The van der Waals surface area contributed by atoms with Gasteiger partial charge in [-0.15, -0.1) is 0 Å². The van der Waals surface area contributed by atoms with Gasteiger partial charge in [-0.05, 0) is 51.4 Å². The molecule has 9 nitrogen and oxygen atoms in total. The van der Waals surface area contributed by atoms with Crippen molar-refractivity contribution in [3.8, 4) is 22.8 Å². The van der Waals surface area contributed by atoms with Gasteiger partial charge in [0.2, 0.25) is 0 Å². The monoisotopic (exact) mass is 647 g/mol. The fraction of sp³-hybridized carbons (Fsp3) is 0.500. The molecule has 3 heterocycles. The number of likely N-dealkylation sites (tertiary alicyclic amines) is 1. The van der Waals surface area contributed by atoms with Crippen LogP contribution in [0.15, 0.2) is 24.3 Å². The normalized spacial score (nSPS) is 19.0. The van der Waals surface area contributed by atoms with Gasteiger partial charge < -0.3 is 28.8 Å². The number of amides is 1. The number of alkyl halides is 7. The summed E-state index contributed by atoms with van der Waals surface area (Å²) in [6.07, 6.45) is -8.07. The molecule has 2 aromatic carbocycles. The van der Waals surface area contributed by atoms with Crippen molar-refractivity contribution in [1.82, 2.24) is 14.7 Å². The van der Waals surface area contributed by atoms with Crippen molar-refractivity contribution >= 4 is 29.4 Å². The lowest BCUT2D eigenvalue weighted by molar-refractivity contribution is -0.294. The lowest BCUT2D eigenvalue weighted by atomic mass is 9.77. The molecule has 0 radical (unpaired) electrons. The summed E-state index contributed by atoms with van der Waals surface area (Å²) in [6, 6.07) is 4.85. The van der Waals surface area contributed by atoms with E-state index >= 15 is 0 Å². The number of ether oxygens (including phenoxy) is 2. The van der Waals surface area contributed by atoms with Gasteiger partial charge in [0.15, 0.2) is 5.60 Å². The van der Waals surface area contributed by atoms with Gasteiger partial charge in [0, 0.05) is 23.6 Å². The maximum Gasteiger partial charge on any atom is 0.494 e. The summed E-state index contributed by atoms with van der Waals surface area (Å²) >= 11 is 0. The second kappa shape index (κ2) is 10.8. The number of β-amino-alcohol motifs (C(OH)–C–C–N with tert-alkyl or cyclic N) is 1. The van der Waals surface area contributed by atoms with Crippen molar-refractivity contribution in [2.24, 2.45) is 7.05 Å². The number of hydrogen-bond acceptors (Lipinski definition) is 7. The molecule has 45 heavy (non-hydrogen) atoms. The highest BCUT2D eigenvalue weighted by molar-refractivity contribution is 6.62. The van der Waals surface area contributed by atoms with Gasteiger partial charge in [0.05, 0.1) is 36.9 Å². The largest absolute Gasteiger partial charge is 0.496 e. The number of nitrogens with zero attached hydrogens (tertiary/aromatic N) is 3. The minimum atomic E-state index is -5.04. The van der Waals surface area contributed by atoms with Crippen LogP contribution in [0.2, 0.25) is 0 Å². The third kappa shape index (κ3) is 5.48. The Morgan fingerprint density at radius 1 is 1.02 bits per heavy atom. The topological polar surface area (TPSA) is 95.3 Å². The summed E-state index contributed by atoms with van der Waals surface area (Å²) in [5.41, 5.74) is -5.46. The number of methoxy groups -OCH3 is 1. The van der Waals surface area contributed by atoms with Gasteiger partial charge in [-0.3, -0.25) is 9.48 Å². The van der Waals surface area contributed by atoms with Crippen LogP contribution in [-0.2, 0) is 16.4 Å². The highest BCUT2D eigenvalue weighted by Crippen LogP contribution is 2.44. The predicted molar refractivity (Wildman–Crippen MR) is 147 cm³/mol. The van der Waals surface area contributed by atoms with Crippen LogP contribution in [0.25, 0.3) is 22.2 Å². The number of carbonyl (C=O) groups is 1. The van der Waals surface area contributed by atoms with Crippen LogP contribution >= 0.6 is 0 Å². The lowest BCUT2D eigenvalue weighted by Crippen LogP contribution is -2.70. The molecule has 2 aliphatic rings. The first kappa shape index (κ1) is 32.8. The van der Waals surface area contributed by atoms with E-state index in [2.05, 4.69) is 9.84 Å². The number of carbonyl (C=O) groups excluding carboxylic acids is 1. The summed E-state index contributed by atoms with van der Waals surface area (Å²) in [4.78, 5) is 13.8. The Kier molecular flexibility index (Phi) is 7.85. The van der Waals surface area contributed by atoms with Crippen LogP contribution < -0.4 is 14.9 Å². The Morgan fingerprint density at radius 3 is 2.11 bits per heavy atom. The zero-order chi connectivity index (χ0) is 33.4. The first-order valence-corrected chi connectivity index (χ1v) is 13.6. The molecule has 244 valence electrons. The SMILES string of the molecule is COc1cc(-c2nn(C)c3cc(B4OC(C)(C)C(C)(C)O4)cc(C(F)F)c23)cc(OC(F)F)c1C(=O)N1CC(O)(C(F)(F)F)C1. The van der Waals surface area contributed by atoms with Crippen LogP contribution in [0, 0.1) is 0 Å². The van der Waals surface area contributed by atoms with Crippen LogP contribution in [0.5, 0.6) is 11.5 Å². The van der Waals surface area contributed by atoms with Gasteiger partial charge in [-0.25, -0.2) is 8.78 Å². The van der Waals surface area contributed by atoms with Gasteiger partial charge in [0.25, 0.3) is 12.3 Å². The highest BCUT2D eigenvalue weighted by Gasteiger charge is 2.62. The summed E-state index contributed by atoms with van der Waals surface area (Å²) in [5, 5.41) is 14.1. The third-order valence-electron chi connectivity index (χ3n) is 8.48. The van der Waals surface area contributed by atoms with E-state index in [1.165, 1.54) is 17.8 Å². The smallest absolute Gasteiger partial charge is 0.494 e. The fourth-order valence-corrected chi connectivity index (χ4v) is 5.28. The Labute approximate surface area is 252 Å². The molecular weight excluding hydrogens is 618 g/mol. The number of hydrogen-bond donors (Lipinski definition) is 1. The molecule has 2 saturated heterocycles. The number of benzene rings is 2. The van der Waals surface area contributed by atoms with E-state index in [0.717, 1.165) is 19.2 Å². The molecule has 2 fully saturated rings. The molecule has 0 aliphatic carbocycles. The van der Waals surface area contributed by atoms with Gasteiger partial charge in [0.1, 0.15) is 22.8 Å². The molecule has 2 aliphatic heterocycles. The van der Waals surface area contributed by atoms with E-state index in [1.807, 2.05) is 0 Å². The number of aryl methyl sites for hydroxylation is 1. The number of rotatable bonds is 7. The average Bonchev–Trinajstić information content (AvgIpc) is 3.35. The first-order valence-electron chi connectivity index (χ1n) is 13.6. The molecule has 1 amide bonds. The predicted octanol–water partition coefficient (Wildman–Crippen LogP) is 4.84. The Hall–Kier alpha value is -3.57. The van der Waals surface area contributed by atoms with E-state index in [-0.39, 0.29) is 22.2 Å². The van der Waals surface area contributed by atoms with Crippen molar-refractivity contribution in [2.45, 2.75) is 63.7 Å². The molecule has 0 atom stereocenters. The van der Waals surface area contributed by atoms with Crippen LogP contribution in [0.3, 0.4) is 0 Å². The van der Waals surface area contributed by atoms with Gasteiger partial charge >= 0.3 is 19.9 Å². The first-order chi connectivity index (χ1) is 20.7. The Bertz CT molecular complexity index is 1640. The Morgan fingerprint density at radius 2 is 1.60 bits per heavy atom. The van der Waals surface area contributed by atoms with E-state index in [4.69, 9.17) is 14.0 Å².